The van der Waals surface area contributed by atoms with Gasteiger partial charge in [-0.15, -0.1) is 0 Å². The van der Waals surface area contributed by atoms with Crippen molar-refractivity contribution in [2.45, 2.75) is 26.7 Å². The molecule has 0 aliphatic heterocycles. The minimum atomic E-state index is 0.0693. The number of Topliss-reactive ketones (excluding diaryl/α,β-unsaturated/α-hetero) is 1. The first kappa shape index (κ1) is 14.5. The zero-order valence-corrected chi connectivity index (χ0v) is 12.3. The average molecular weight is 266 g/mol. The van der Waals surface area contributed by atoms with E-state index in [4.69, 9.17) is 0 Å². The molecular formula is C19H22O. The Hall–Kier alpha value is -1.89. The van der Waals surface area contributed by atoms with Crippen molar-refractivity contribution in [3.63, 3.8) is 0 Å². The summed E-state index contributed by atoms with van der Waals surface area (Å²) in [6.45, 7) is 3.98. The summed E-state index contributed by atoms with van der Waals surface area (Å²) in [7, 11) is 0. The normalized spacial score (nSPS) is 11.0. The molecule has 0 spiro atoms. The van der Waals surface area contributed by atoms with Gasteiger partial charge in [0.25, 0.3) is 0 Å². The van der Waals surface area contributed by atoms with Gasteiger partial charge in [-0.2, -0.15) is 0 Å². The number of carbonyl (C=O) groups is 1. The summed E-state index contributed by atoms with van der Waals surface area (Å²) in [5.74, 6) is 0.518. The van der Waals surface area contributed by atoms with E-state index in [1.165, 1.54) is 11.1 Å². The molecule has 0 fully saturated rings. The number of hydrogen-bond acceptors (Lipinski definition) is 1. The monoisotopic (exact) mass is 266 g/mol. The topological polar surface area (TPSA) is 17.1 Å². The number of hydrogen-bond donors (Lipinski definition) is 0. The molecule has 0 amide bonds. The highest BCUT2D eigenvalue weighted by Gasteiger charge is 2.21. The summed E-state index contributed by atoms with van der Waals surface area (Å²) >= 11 is 0. The van der Waals surface area contributed by atoms with Crippen LogP contribution in [0, 0.1) is 11.8 Å². The number of rotatable bonds is 6. The Morgan fingerprint density at radius 1 is 0.800 bits per heavy atom. The van der Waals surface area contributed by atoms with Crippen LogP contribution < -0.4 is 0 Å². The lowest BCUT2D eigenvalue weighted by Crippen LogP contribution is -2.24. The Labute approximate surface area is 121 Å². The molecule has 2 aromatic rings. The second-order valence-corrected chi connectivity index (χ2v) is 5.63. The van der Waals surface area contributed by atoms with Crippen LogP contribution in [0.3, 0.4) is 0 Å². The van der Waals surface area contributed by atoms with Crippen LogP contribution in [-0.2, 0) is 17.6 Å². The van der Waals surface area contributed by atoms with E-state index in [1.54, 1.807) is 0 Å². The largest absolute Gasteiger partial charge is 0.299 e. The first-order valence-electron chi connectivity index (χ1n) is 7.28. The first-order valence-corrected chi connectivity index (χ1v) is 7.28. The minimum Gasteiger partial charge on any atom is -0.299 e. The molecule has 0 bridgehead atoms. The molecule has 0 atom stereocenters. The molecule has 20 heavy (non-hydrogen) atoms. The molecule has 0 unspecified atom stereocenters. The van der Waals surface area contributed by atoms with Gasteiger partial charge in [0.1, 0.15) is 5.78 Å². The molecule has 1 nitrogen and oxygen atoms in total. The van der Waals surface area contributed by atoms with E-state index in [9.17, 15) is 4.79 Å². The van der Waals surface area contributed by atoms with Crippen LogP contribution in [0.1, 0.15) is 25.0 Å². The van der Waals surface area contributed by atoms with E-state index in [0.717, 1.165) is 12.8 Å². The summed E-state index contributed by atoms with van der Waals surface area (Å²) in [5, 5.41) is 0. The van der Waals surface area contributed by atoms with Gasteiger partial charge in [0.15, 0.2) is 0 Å². The Balaban J connectivity index is 2.15. The van der Waals surface area contributed by atoms with Crippen LogP contribution in [0.4, 0.5) is 0 Å². The highest BCUT2D eigenvalue weighted by atomic mass is 16.1. The highest BCUT2D eigenvalue weighted by molar-refractivity contribution is 5.83. The fraction of sp³-hybridized carbons (Fsp3) is 0.316. The van der Waals surface area contributed by atoms with E-state index in [0.29, 0.717) is 5.78 Å². The van der Waals surface area contributed by atoms with Gasteiger partial charge in [0.2, 0.25) is 0 Å². The SMILES string of the molecule is CC(C)C(=O)C(Cc1ccccc1)Cc1ccccc1. The number of carbonyl (C=O) groups excluding carboxylic acids is 1. The zero-order chi connectivity index (χ0) is 14.4. The molecule has 0 aromatic heterocycles. The van der Waals surface area contributed by atoms with Crippen LogP contribution in [0.15, 0.2) is 60.7 Å². The Morgan fingerprint density at radius 3 is 1.55 bits per heavy atom. The Kier molecular flexibility index (Phi) is 5.11. The molecule has 0 aliphatic carbocycles. The molecule has 104 valence electrons. The number of ketones is 1. The van der Waals surface area contributed by atoms with Crippen LogP contribution >= 0.6 is 0 Å². The molecule has 0 N–H and O–H groups in total. The summed E-state index contributed by atoms with van der Waals surface area (Å²) in [6.07, 6.45) is 1.65. The number of benzene rings is 2. The lowest BCUT2D eigenvalue weighted by atomic mass is 9.85. The van der Waals surface area contributed by atoms with E-state index >= 15 is 0 Å². The van der Waals surface area contributed by atoms with E-state index in [1.807, 2.05) is 50.2 Å². The van der Waals surface area contributed by atoms with Crippen molar-refractivity contribution in [1.82, 2.24) is 0 Å². The third kappa shape index (κ3) is 4.06. The van der Waals surface area contributed by atoms with Crippen molar-refractivity contribution in [3.05, 3.63) is 71.8 Å². The molecule has 0 heterocycles. The molecule has 0 saturated carbocycles. The molecule has 1 heteroatoms. The van der Waals surface area contributed by atoms with Crippen molar-refractivity contribution in [1.29, 1.82) is 0 Å². The van der Waals surface area contributed by atoms with Gasteiger partial charge < -0.3 is 0 Å². The first-order chi connectivity index (χ1) is 9.66. The fourth-order valence-electron chi connectivity index (χ4n) is 2.54. The van der Waals surface area contributed by atoms with Crippen molar-refractivity contribution < 1.29 is 4.79 Å². The fourth-order valence-corrected chi connectivity index (χ4v) is 2.54. The van der Waals surface area contributed by atoms with Crippen molar-refractivity contribution in [2.24, 2.45) is 11.8 Å². The predicted octanol–water partition coefficient (Wildman–Crippen LogP) is 4.31. The summed E-state index contributed by atoms with van der Waals surface area (Å²) < 4.78 is 0. The van der Waals surface area contributed by atoms with Gasteiger partial charge in [-0.1, -0.05) is 74.5 Å². The zero-order valence-electron chi connectivity index (χ0n) is 12.3. The summed E-state index contributed by atoms with van der Waals surface area (Å²) in [4.78, 5) is 12.5. The van der Waals surface area contributed by atoms with Gasteiger partial charge in [-0.25, -0.2) is 0 Å². The van der Waals surface area contributed by atoms with E-state index in [2.05, 4.69) is 24.3 Å². The molecule has 2 rings (SSSR count). The maximum atomic E-state index is 12.5. The van der Waals surface area contributed by atoms with E-state index < -0.39 is 0 Å². The Morgan fingerprint density at radius 2 is 1.20 bits per heavy atom. The summed E-state index contributed by atoms with van der Waals surface area (Å²) in [6, 6.07) is 20.6. The van der Waals surface area contributed by atoms with Gasteiger partial charge in [-0.05, 0) is 24.0 Å². The van der Waals surface area contributed by atoms with Crippen molar-refractivity contribution in [3.8, 4) is 0 Å². The maximum absolute atomic E-state index is 12.5. The third-order valence-electron chi connectivity index (χ3n) is 3.62. The second-order valence-electron chi connectivity index (χ2n) is 5.63. The lowest BCUT2D eigenvalue weighted by molar-refractivity contribution is -0.125. The summed E-state index contributed by atoms with van der Waals surface area (Å²) in [5.41, 5.74) is 2.48. The van der Waals surface area contributed by atoms with Crippen LogP contribution in [-0.4, -0.2) is 5.78 Å². The predicted molar refractivity (Wildman–Crippen MR) is 83.6 cm³/mol. The van der Waals surface area contributed by atoms with Crippen molar-refractivity contribution in [2.75, 3.05) is 0 Å². The maximum Gasteiger partial charge on any atom is 0.139 e. The van der Waals surface area contributed by atoms with E-state index in [-0.39, 0.29) is 11.8 Å². The quantitative estimate of drug-likeness (QED) is 0.761. The lowest BCUT2D eigenvalue weighted by Gasteiger charge is -2.18. The molecule has 2 aromatic carbocycles. The molecule has 0 aliphatic rings. The van der Waals surface area contributed by atoms with Gasteiger partial charge >= 0.3 is 0 Å². The van der Waals surface area contributed by atoms with Crippen LogP contribution in [0.2, 0.25) is 0 Å². The Bertz CT molecular complexity index is 487. The van der Waals surface area contributed by atoms with Gasteiger partial charge in [0.05, 0.1) is 0 Å². The van der Waals surface area contributed by atoms with Crippen LogP contribution in [0.25, 0.3) is 0 Å². The smallest absolute Gasteiger partial charge is 0.139 e. The molecule has 0 radical (unpaired) electrons. The van der Waals surface area contributed by atoms with Crippen molar-refractivity contribution >= 4 is 5.78 Å². The minimum absolute atomic E-state index is 0.0693. The van der Waals surface area contributed by atoms with Gasteiger partial charge in [-0.3, -0.25) is 4.79 Å². The highest BCUT2D eigenvalue weighted by Crippen LogP contribution is 2.19. The van der Waals surface area contributed by atoms with Crippen LogP contribution in [0.5, 0.6) is 0 Å². The molecule has 0 saturated heterocycles. The molecular weight excluding hydrogens is 244 g/mol. The third-order valence-corrected chi connectivity index (χ3v) is 3.62. The second kappa shape index (κ2) is 7.04. The average Bonchev–Trinajstić information content (AvgIpc) is 2.48. The standard InChI is InChI=1S/C19H22O/c1-15(2)19(20)18(13-16-9-5-3-6-10-16)14-17-11-7-4-8-12-17/h3-12,15,18H,13-14H2,1-2H3. The van der Waals surface area contributed by atoms with Gasteiger partial charge in [0, 0.05) is 11.8 Å².